The topological polar surface area (TPSA) is 106 Å². The number of rotatable bonds is 8. The third kappa shape index (κ3) is 4.88. The molecule has 1 fully saturated rings. The van der Waals surface area contributed by atoms with E-state index in [1.54, 1.807) is 30.3 Å². The molecule has 1 N–H and O–H groups in total. The van der Waals surface area contributed by atoms with Crippen LogP contribution >= 0.6 is 0 Å². The van der Waals surface area contributed by atoms with E-state index in [-0.39, 0.29) is 11.6 Å². The molecule has 3 aromatic rings. The summed E-state index contributed by atoms with van der Waals surface area (Å²) in [6, 6.07) is 11.8. The summed E-state index contributed by atoms with van der Waals surface area (Å²) in [7, 11) is 0. The van der Waals surface area contributed by atoms with Gasteiger partial charge in [-0.2, -0.15) is 5.10 Å². The van der Waals surface area contributed by atoms with Crippen molar-refractivity contribution < 1.29 is 14.1 Å². The zero-order valence-corrected chi connectivity index (χ0v) is 18.1. The van der Waals surface area contributed by atoms with Crippen LogP contribution in [0.1, 0.15) is 43.1 Å². The molecule has 2 aromatic heterocycles. The fourth-order valence-electron chi connectivity index (χ4n) is 4.09. The molecular formula is C23H27N5O4. The van der Waals surface area contributed by atoms with Gasteiger partial charge in [0.1, 0.15) is 11.4 Å². The average Bonchev–Trinajstić information content (AvgIpc) is 3.48. The first-order valence-electron chi connectivity index (χ1n) is 10.9. The Kier molecular flexibility index (Phi) is 6.65. The molecule has 9 nitrogen and oxygen atoms in total. The Morgan fingerprint density at radius 1 is 1.28 bits per heavy atom. The summed E-state index contributed by atoms with van der Waals surface area (Å²) in [6.45, 7) is 4.86. The minimum Gasteiger partial charge on any atom is -0.463 e. The van der Waals surface area contributed by atoms with Crippen LogP contribution in [0.25, 0.3) is 17.1 Å². The molecule has 0 aliphatic carbocycles. The van der Waals surface area contributed by atoms with Crippen molar-refractivity contribution in [3.8, 4) is 17.1 Å². The maximum absolute atomic E-state index is 13.0. The number of aromatic nitrogens is 2. The summed E-state index contributed by atoms with van der Waals surface area (Å²) < 4.78 is 6.84. The van der Waals surface area contributed by atoms with Crippen LogP contribution < -0.4 is 5.32 Å². The smallest absolute Gasteiger partial charge is 0.271 e. The van der Waals surface area contributed by atoms with Crippen LogP contribution in [-0.2, 0) is 0 Å². The van der Waals surface area contributed by atoms with Crippen LogP contribution in [-0.4, -0.2) is 51.2 Å². The summed E-state index contributed by atoms with van der Waals surface area (Å²) >= 11 is 0. The number of non-ortho nitro benzene ring substituents is 1. The first-order chi connectivity index (χ1) is 15.5. The number of nitrogens with zero attached hydrogens (tertiary/aromatic N) is 4. The van der Waals surface area contributed by atoms with Gasteiger partial charge in [0.2, 0.25) is 0 Å². The molecule has 0 radical (unpaired) electrons. The molecule has 0 bridgehead atoms. The molecule has 0 spiro atoms. The van der Waals surface area contributed by atoms with Gasteiger partial charge in [0, 0.05) is 37.3 Å². The Balaban J connectivity index is 1.50. The van der Waals surface area contributed by atoms with Gasteiger partial charge in [-0.15, -0.1) is 0 Å². The van der Waals surface area contributed by atoms with Gasteiger partial charge in [0.05, 0.1) is 16.9 Å². The number of amides is 1. The fraction of sp³-hybridized carbons (Fsp3) is 0.391. The highest BCUT2D eigenvalue weighted by Crippen LogP contribution is 2.24. The third-order valence-electron chi connectivity index (χ3n) is 5.85. The number of nitro groups is 1. The van der Waals surface area contributed by atoms with Crippen LogP contribution in [0.15, 0.2) is 53.1 Å². The number of furan rings is 1. The van der Waals surface area contributed by atoms with Crippen molar-refractivity contribution >= 4 is 11.6 Å². The minimum absolute atomic E-state index is 0.0699. The standard InChI is InChI=1S/C23H27N5O4/c1-17-7-2-3-12-26(17)13-6-11-24-23(29)21-16-20(22-10-5-14-32-22)25-27(21)18-8-4-9-19(15-18)28(30)31/h4-5,8-10,14-17H,2-3,6-7,11-13H2,1H3,(H,24,29). The molecule has 9 heteroatoms. The van der Waals surface area contributed by atoms with Crippen LogP contribution in [0.5, 0.6) is 0 Å². The van der Waals surface area contributed by atoms with Gasteiger partial charge in [0.25, 0.3) is 11.6 Å². The van der Waals surface area contributed by atoms with Crippen LogP contribution in [0, 0.1) is 10.1 Å². The van der Waals surface area contributed by atoms with Crippen molar-refractivity contribution in [2.75, 3.05) is 19.6 Å². The molecule has 1 amide bonds. The van der Waals surface area contributed by atoms with E-state index >= 15 is 0 Å². The summed E-state index contributed by atoms with van der Waals surface area (Å²) in [5.41, 5.74) is 1.14. The Morgan fingerprint density at radius 3 is 2.91 bits per heavy atom. The number of carbonyl (C=O) groups excluding carboxylic acids is 1. The molecule has 1 saturated heterocycles. The SMILES string of the molecule is CC1CCCCN1CCCNC(=O)c1cc(-c2ccco2)nn1-c1cccc([N+](=O)[O-])c1. The van der Waals surface area contributed by atoms with E-state index in [9.17, 15) is 14.9 Å². The molecule has 1 unspecified atom stereocenters. The van der Waals surface area contributed by atoms with Gasteiger partial charge in [-0.05, 0) is 50.9 Å². The quantitative estimate of drug-likeness (QED) is 0.324. The maximum Gasteiger partial charge on any atom is 0.271 e. The Hall–Kier alpha value is -3.46. The van der Waals surface area contributed by atoms with Gasteiger partial charge < -0.3 is 14.6 Å². The highest BCUT2D eigenvalue weighted by atomic mass is 16.6. The largest absolute Gasteiger partial charge is 0.463 e. The van der Waals surface area contributed by atoms with Crippen molar-refractivity contribution in [3.05, 3.63) is 64.5 Å². The van der Waals surface area contributed by atoms with E-state index in [2.05, 4.69) is 22.2 Å². The highest BCUT2D eigenvalue weighted by molar-refractivity contribution is 5.94. The van der Waals surface area contributed by atoms with Crippen molar-refractivity contribution in [1.82, 2.24) is 20.0 Å². The molecule has 1 atom stereocenters. The normalized spacial score (nSPS) is 16.7. The summed E-state index contributed by atoms with van der Waals surface area (Å²) in [5, 5.41) is 18.7. The minimum atomic E-state index is -0.470. The fourth-order valence-corrected chi connectivity index (χ4v) is 4.09. The van der Waals surface area contributed by atoms with Gasteiger partial charge >= 0.3 is 0 Å². The number of carbonyl (C=O) groups is 1. The second kappa shape index (κ2) is 9.78. The second-order valence-corrected chi connectivity index (χ2v) is 8.07. The molecular weight excluding hydrogens is 410 g/mol. The van der Waals surface area contributed by atoms with Gasteiger partial charge in [-0.3, -0.25) is 14.9 Å². The maximum atomic E-state index is 13.0. The Labute approximate surface area is 186 Å². The van der Waals surface area contributed by atoms with E-state index < -0.39 is 4.92 Å². The van der Waals surface area contributed by atoms with Gasteiger partial charge in [-0.1, -0.05) is 12.5 Å². The molecule has 32 heavy (non-hydrogen) atoms. The molecule has 3 heterocycles. The van der Waals surface area contributed by atoms with Gasteiger partial charge in [0.15, 0.2) is 5.76 Å². The number of likely N-dealkylation sites (tertiary alicyclic amines) is 1. The monoisotopic (exact) mass is 437 g/mol. The first-order valence-corrected chi connectivity index (χ1v) is 10.9. The zero-order valence-electron chi connectivity index (χ0n) is 18.1. The molecule has 0 saturated carbocycles. The second-order valence-electron chi connectivity index (χ2n) is 8.07. The van der Waals surface area contributed by atoms with Crippen LogP contribution in [0.3, 0.4) is 0 Å². The van der Waals surface area contributed by atoms with E-state index in [0.29, 0.717) is 35.4 Å². The van der Waals surface area contributed by atoms with E-state index in [4.69, 9.17) is 4.42 Å². The lowest BCUT2D eigenvalue weighted by molar-refractivity contribution is -0.384. The molecule has 1 aliphatic heterocycles. The molecule has 168 valence electrons. The van der Waals surface area contributed by atoms with Crippen molar-refractivity contribution in [2.45, 2.75) is 38.6 Å². The van der Waals surface area contributed by atoms with Crippen molar-refractivity contribution in [1.29, 1.82) is 0 Å². The number of nitrogens with one attached hydrogen (secondary N) is 1. The summed E-state index contributed by atoms with van der Waals surface area (Å²) in [5.74, 6) is 0.232. The van der Waals surface area contributed by atoms with Crippen LogP contribution in [0.2, 0.25) is 0 Å². The number of nitro benzene ring substituents is 1. The molecule has 1 aromatic carbocycles. The third-order valence-corrected chi connectivity index (χ3v) is 5.85. The lowest BCUT2D eigenvalue weighted by atomic mass is 10.0. The molecule has 4 rings (SSSR count). The highest BCUT2D eigenvalue weighted by Gasteiger charge is 2.21. The van der Waals surface area contributed by atoms with Gasteiger partial charge in [-0.25, -0.2) is 4.68 Å². The summed E-state index contributed by atoms with van der Waals surface area (Å²) in [4.78, 5) is 26.2. The predicted molar refractivity (Wildman–Crippen MR) is 120 cm³/mol. The zero-order chi connectivity index (χ0) is 22.5. The van der Waals surface area contributed by atoms with E-state index in [1.807, 2.05) is 0 Å². The summed E-state index contributed by atoms with van der Waals surface area (Å²) in [6.07, 6.45) is 6.13. The first kappa shape index (κ1) is 21.8. The van der Waals surface area contributed by atoms with E-state index in [0.717, 1.165) is 19.5 Å². The Bertz CT molecular complexity index is 1080. The lowest BCUT2D eigenvalue weighted by Crippen LogP contribution is -2.39. The lowest BCUT2D eigenvalue weighted by Gasteiger charge is -2.33. The number of hydrogen-bond acceptors (Lipinski definition) is 6. The van der Waals surface area contributed by atoms with Crippen LogP contribution in [0.4, 0.5) is 5.69 Å². The number of hydrogen-bond donors (Lipinski definition) is 1. The molecule has 1 aliphatic rings. The number of benzene rings is 1. The van der Waals surface area contributed by atoms with Crippen molar-refractivity contribution in [3.63, 3.8) is 0 Å². The van der Waals surface area contributed by atoms with E-state index in [1.165, 1.54) is 42.3 Å². The predicted octanol–water partition coefficient (Wildman–Crippen LogP) is 4.03. The average molecular weight is 438 g/mol. The van der Waals surface area contributed by atoms with Crippen molar-refractivity contribution in [2.24, 2.45) is 0 Å². The Morgan fingerprint density at radius 2 is 2.16 bits per heavy atom. The number of piperidine rings is 1.